The number of imidazole rings is 1. The Morgan fingerprint density at radius 1 is 1.22 bits per heavy atom. The van der Waals surface area contributed by atoms with Crippen molar-refractivity contribution < 1.29 is 0 Å². The average molecular weight is 260 g/mol. The normalized spacial score (nSPS) is 17.4. The van der Waals surface area contributed by atoms with Gasteiger partial charge >= 0.3 is 0 Å². The van der Waals surface area contributed by atoms with E-state index in [4.69, 9.17) is 4.98 Å². The Hall–Kier alpha value is -0.960. The Labute approximate surface area is 113 Å². The summed E-state index contributed by atoms with van der Waals surface area (Å²) < 4.78 is 0. The van der Waals surface area contributed by atoms with Gasteiger partial charge in [0, 0.05) is 6.42 Å². The largest absolute Gasteiger partial charge is 0.342 e. The van der Waals surface area contributed by atoms with Gasteiger partial charge in [-0.2, -0.15) is 11.8 Å². The minimum absolute atomic E-state index is 0.828. The fourth-order valence-corrected chi connectivity index (χ4v) is 3.85. The third-order valence-electron chi connectivity index (χ3n) is 3.97. The highest BCUT2D eigenvalue weighted by molar-refractivity contribution is 7.99. The molecule has 2 aromatic rings. The van der Waals surface area contributed by atoms with E-state index in [1.165, 1.54) is 46.8 Å². The zero-order valence-corrected chi connectivity index (χ0v) is 11.9. The summed E-state index contributed by atoms with van der Waals surface area (Å²) in [6.07, 6.45) is 3.81. The van der Waals surface area contributed by atoms with Crippen LogP contribution < -0.4 is 0 Å². The van der Waals surface area contributed by atoms with Crippen molar-refractivity contribution in [3.63, 3.8) is 0 Å². The summed E-state index contributed by atoms with van der Waals surface area (Å²) in [6.45, 7) is 4.31. The lowest BCUT2D eigenvalue weighted by atomic mass is 9.99. The molecule has 1 saturated heterocycles. The van der Waals surface area contributed by atoms with Crippen molar-refractivity contribution in [2.45, 2.75) is 33.1 Å². The Morgan fingerprint density at radius 3 is 2.72 bits per heavy atom. The second-order valence-electron chi connectivity index (χ2n) is 5.40. The number of fused-ring (bicyclic) bond motifs is 1. The maximum absolute atomic E-state index is 4.75. The van der Waals surface area contributed by atoms with E-state index in [0.29, 0.717) is 0 Å². The molecule has 1 aliphatic heterocycles. The van der Waals surface area contributed by atoms with Gasteiger partial charge in [0.25, 0.3) is 0 Å². The number of benzene rings is 1. The molecule has 3 rings (SSSR count). The van der Waals surface area contributed by atoms with Gasteiger partial charge in [0.15, 0.2) is 0 Å². The van der Waals surface area contributed by atoms with E-state index >= 15 is 0 Å². The number of aromatic nitrogens is 2. The molecule has 18 heavy (non-hydrogen) atoms. The molecule has 0 amide bonds. The standard InChI is InChI=1S/C15H20N2S/c1-10-7-13-14(8-11(10)2)17-15(16-13)9-12-3-5-18-6-4-12/h7-8,12H,3-6,9H2,1-2H3,(H,16,17). The van der Waals surface area contributed by atoms with Crippen molar-refractivity contribution in [3.8, 4) is 0 Å². The number of hydrogen-bond acceptors (Lipinski definition) is 2. The van der Waals surface area contributed by atoms with Gasteiger partial charge in [-0.05, 0) is 67.4 Å². The highest BCUT2D eigenvalue weighted by Gasteiger charge is 2.16. The van der Waals surface area contributed by atoms with Crippen LogP contribution in [0.1, 0.15) is 29.8 Å². The summed E-state index contributed by atoms with van der Waals surface area (Å²) in [7, 11) is 0. The highest BCUT2D eigenvalue weighted by atomic mass is 32.2. The van der Waals surface area contributed by atoms with Gasteiger partial charge in [-0.15, -0.1) is 0 Å². The Bertz CT molecular complexity index is 514. The molecule has 0 bridgehead atoms. The molecular weight excluding hydrogens is 240 g/mol. The van der Waals surface area contributed by atoms with E-state index in [0.717, 1.165) is 17.9 Å². The average Bonchev–Trinajstić information content (AvgIpc) is 2.72. The lowest BCUT2D eigenvalue weighted by molar-refractivity contribution is 0.478. The van der Waals surface area contributed by atoms with Crippen LogP contribution in [-0.4, -0.2) is 21.5 Å². The van der Waals surface area contributed by atoms with Crippen LogP contribution in [0.25, 0.3) is 11.0 Å². The first-order valence-electron chi connectivity index (χ1n) is 6.76. The van der Waals surface area contributed by atoms with E-state index in [1.807, 2.05) is 0 Å². The molecule has 0 aliphatic carbocycles. The van der Waals surface area contributed by atoms with E-state index in [2.05, 4.69) is 42.7 Å². The number of nitrogens with zero attached hydrogens (tertiary/aromatic N) is 1. The maximum Gasteiger partial charge on any atom is 0.107 e. The first kappa shape index (κ1) is 12.1. The summed E-state index contributed by atoms with van der Waals surface area (Å²) >= 11 is 2.09. The summed E-state index contributed by atoms with van der Waals surface area (Å²) in [5, 5.41) is 0. The zero-order chi connectivity index (χ0) is 12.5. The molecule has 0 radical (unpaired) electrons. The molecule has 2 nitrogen and oxygen atoms in total. The molecule has 1 fully saturated rings. The fraction of sp³-hybridized carbons (Fsp3) is 0.533. The predicted molar refractivity (Wildman–Crippen MR) is 79.3 cm³/mol. The first-order chi connectivity index (χ1) is 8.72. The van der Waals surface area contributed by atoms with Crippen LogP contribution in [-0.2, 0) is 6.42 Å². The third-order valence-corrected chi connectivity index (χ3v) is 5.02. The van der Waals surface area contributed by atoms with E-state index in [1.54, 1.807) is 0 Å². The Balaban J connectivity index is 1.84. The summed E-state index contributed by atoms with van der Waals surface area (Å²) in [5.41, 5.74) is 4.98. The van der Waals surface area contributed by atoms with Crippen molar-refractivity contribution in [1.82, 2.24) is 9.97 Å². The minimum Gasteiger partial charge on any atom is -0.342 e. The van der Waals surface area contributed by atoms with Crippen LogP contribution in [0.5, 0.6) is 0 Å². The van der Waals surface area contributed by atoms with Crippen molar-refractivity contribution >= 4 is 22.8 Å². The molecule has 0 spiro atoms. The number of hydrogen-bond donors (Lipinski definition) is 1. The second kappa shape index (κ2) is 4.96. The van der Waals surface area contributed by atoms with Crippen LogP contribution in [0.3, 0.4) is 0 Å². The lowest BCUT2D eigenvalue weighted by Crippen LogP contribution is -2.12. The number of aryl methyl sites for hydroxylation is 2. The number of H-pyrrole nitrogens is 1. The Morgan fingerprint density at radius 2 is 1.94 bits per heavy atom. The molecule has 1 N–H and O–H groups in total. The lowest BCUT2D eigenvalue weighted by Gasteiger charge is -2.19. The van der Waals surface area contributed by atoms with Gasteiger partial charge in [0.2, 0.25) is 0 Å². The van der Waals surface area contributed by atoms with Gasteiger partial charge < -0.3 is 4.98 Å². The van der Waals surface area contributed by atoms with Crippen molar-refractivity contribution in [1.29, 1.82) is 0 Å². The van der Waals surface area contributed by atoms with Crippen LogP contribution in [0.15, 0.2) is 12.1 Å². The fourth-order valence-electron chi connectivity index (χ4n) is 2.64. The van der Waals surface area contributed by atoms with Crippen LogP contribution in [0.2, 0.25) is 0 Å². The predicted octanol–water partition coefficient (Wildman–Crippen LogP) is 3.87. The molecule has 0 unspecified atom stereocenters. The number of thioether (sulfide) groups is 1. The van der Waals surface area contributed by atoms with Crippen LogP contribution in [0, 0.1) is 19.8 Å². The quantitative estimate of drug-likeness (QED) is 0.888. The molecule has 96 valence electrons. The van der Waals surface area contributed by atoms with Crippen LogP contribution >= 0.6 is 11.8 Å². The molecule has 1 aliphatic rings. The smallest absolute Gasteiger partial charge is 0.107 e. The summed E-state index contributed by atoms with van der Waals surface area (Å²) in [4.78, 5) is 8.24. The minimum atomic E-state index is 0.828. The van der Waals surface area contributed by atoms with E-state index < -0.39 is 0 Å². The molecule has 0 atom stereocenters. The van der Waals surface area contributed by atoms with Gasteiger partial charge in [0.05, 0.1) is 11.0 Å². The summed E-state index contributed by atoms with van der Waals surface area (Å²) in [6, 6.07) is 4.42. The monoisotopic (exact) mass is 260 g/mol. The van der Waals surface area contributed by atoms with Gasteiger partial charge in [-0.1, -0.05) is 0 Å². The SMILES string of the molecule is Cc1cc2nc(CC3CCSCC3)[nH]c2cc1C. The second-order valence-corrected chi connectivity index (χ2v) is 6.62. The molecule has 1 aromatic carbocycles. The van der Waals surface area contributed by atoms with Gasteiger partial charge in [-0.25, -0.2) is 4.98 Å². The number of aromatic amines is 1. The van der Waals surface area contributed by atoms with Crippen molar-refractivity contribution in [3.05, 3.63) is 29.1 Å². The number of nitrogens with one attached hydrogen (secondary N) is 1. The van der Waals surface area contributed by atoms with Crippen molar-refractivity contribution in [2.75, 3.05) is 11.5 Å². The third kappa shape index (κ3) is 2.41. The molecule has 0 saturated carbocycles. The molecule has 3 heteroatoms. The van der Waals surface area contributed by atoms with Gasteiger partial charge in [0.1, 0.15) is 5.82 Å². The van der Waals surface area contributed by atoms with Gasteiger partial charge in [-0.3, -0.25) is 0 Å². The highest BCUT2D eigenvalue weighted by Crippen LogP contribution is 2.26. The van der Waals surface area contributed by atoms with Crippen LogP contribution in [0.4, 0.5) is 0 Å². The molecule has 1 aromatic heterocycles. The topological polar surface area (TPSA) is 28.7 Å². The van der Waals surface area contributed by atoms with E-state index in [-0.39, 0.29) is 0 Å². The zero-order valence-electron chi connectivity index (χ0n) is 11.1. The van der Waals surface area contributed by atoms with Crippen molar-refractivity contribution in [2.24, 2.45) is 5.92 Å². The Kier molecular flexibility index (Phi) is 3.33. The summed E-state index contributed by atoms with van der Waals surface area (Å²) in [5.74, 6) is 4.65. The van der Waals surface area contributed by atoms with E-state index in [9.17, 15) is 0 Å². The molecule has 2 heterocycles. The molecular formula is C15H20N2S. The number of rotatable bonds is 2. The first-order valence-corrected chi connectivity index (χ1v) is 7.91. The maximum atomic E-state index is 4.75.